The van der Waals surface area contributed by atoms with Crippen LogP contribution in [-0.2, 0) is 20.9 Å². The van der Waals surface area contributed by atoms with Crippen LogP contribution in [0, 0.1) is 0 Å². The van der Waals surface area contributed by atoms with E-state index in [4.69, 9.17) is 13.9 Å². The van der Waals surface area contributed by atoms with E-state index in [1.54, 1.807) is 13.2 Å². The molecular formula is C23H25NO5. The van der Waals surface area contributed by atoms with Crippen molar-refractivity contribution < 1.29 is 23.5 Å². The largest absolute Gasteiger partial charge is 0.450 e. The van der Waals surface area contributed by atoms with Crippen LogP contribution in [0.5, 0.6) is 0 Å². The molecule has 1 N–H and O–H groups in total. The summed E-state index contributed by atoms with van der Waals surface area (Å²) in [4.78, 5) is 24.9. The molecular weight excluding hydrogens is 370 g/mol. The molecule has 1 heterocycles. The number of methoxy groups -OCH3 is 1. The molecule has 29 heavy (non-hydrogen) atoms. The molecule has 0 saturated heterocycles. The maximum Gasteiger partial charge on any atom is 0.375 e. The molecule has 152 valence electrons. The van der Waals surface area contributed by atoms with Crippen molar-refractivity contribution in [3.05, 3.63) is 71.5 Å². The van der Waals surface area contributed by atoms with Crippen LogP contribution in [0.25, 0.3) is 11.0 Å². The van der Waals surface area contributed by atoms with Gasteiger partial charge in [-0.15, -0.1) is 0 Å². The van der Waals surface area contributed by atoms with Gasteiger partial charge in [0.1, 0.15) is 5.58 Å². The van der Waals surface area contributed by atoms with E-state index in [0.29, 0.717) is 11.1 Å². The first-order valence-electron chi connectivity index (χ1n) is 9.64. The van der Waals surface area contributed by atoms with Crippen LogP contribution < -0.4 is 5.32 Å². The Morgan fingerprint density at radius 3 is 2.52 bits per heavy atom. The molecule has 1 aromatic heterocycles. The molecule has 3 rings (SSSR count). The molecule has 6 nitrogen and oxygen atoms in total. The van der Waals surface area contributed by atoms with Crippen LogP contribution in [0.15, 0.2) is 59.0 Å². The summed E-state index contributed by atoms with van der Waals surface area (Å²) < 4.78 is 16.1. The lowest BCUT2D eigenvalue weighted by Crippen LogP contribution is -2.32. The monoisotopic (exact) mass is 395 g/mol. The number of amides is 1. The summed E-state index contributed by atoms with van der Waals surface area (Å²) >= 11 is 0. The van der Waals surface area contributed by atoms with E-state index in [0.717, 1.165) is 23.8 Å². The predicted octanol–water partition coefficient (Wildman–Crippen LogP) is 4.39. The SMILES string of the molecule is CCCC(NC(=O)COC(=O)c1oc2ccccc2c1COC)c1ccccc1. The molecule has 0 spiro atoms. The Kier molecular flexibility index (Phi) is 7.03. The number of fused-ring (bicyclic) bond motifs is 1. The van der Waals surface area contributed by atoms with E-state index >= 15 is 0 Å². The van der Waals surface area contributed by atoms with Crippen molar-refractivity contribution >= 4 is 22.8 Å². The fourth-order valence-electron chi connectivity index (χ4n) is 3.28. The molecule has 6 heteroatoms. The highest BCUT2D eigenvalue weighted by atomic mass is 16.5. The number of nitrogens with one attached hydrogen (secondary N) is 1. The summed E-state index contributed by atoms with van der Waals surface area (Å²) in [6.45, 7) is 1.89. The second-order valence-electron chi connectivity index (χ2n) is 6.73. The third-order valence-corrected chi connectivity index (χ3v) is 4.62. The second-order valence-corrected chi connectivity index (χ2v) is 6.73. The predicted molar refractivity (Wildman–Crippen MR) is 109 cm³/mol. The van der Waals surface area contributed by atoms with E-state index in [-0.39, 0.29) is 30.9 Å². The van der Waals surface area contributed by atoms with Gasteiger partial charge in [-0.25, -0.2) is 4.79 Å². The van der Waals surface area contributed by atoms with E-state index in [2.05, 4.69) is 12.2 Å². The van der Waals surface area contributed by atoms with Crippen LogP contribution in [0.4, 0.5) is 0 Å². The molecule has 0 aliphatic heterocycles. The molecule has 1 amide bonds. The van der Waals surface area contributed by atoms with Crippen molar-refractivity contribution in [3.8, 4) is 0 Å². The number of para-hydroxylation sites is 1. The number of carbonyl (C=O) groups is 2. The normalized spacial score (nSPS) is 11.9. The molecule has 1 atom stereocenters. The van der Waals surface area contributed by atoms with Gasteiger partial charge in [0.15, 0.2) is 6.61 Å². The third kappa shape index (κ3) is 5.03. The maximum atomic E-state index is 12.5. The van der Waals surface area contributed by atoms with Gasteiger partial charge in [0.25, 0.3) is 5.91 Å². The van der Waals surface area contributed by atoms with Crippen molar-refractivity contribution in [1.29, 1.82) is 0 Å². The minimum absolute atomic E-state index is 0.0639. The van der Waals surface area contributed by atoms with Crippen molar-refractivity contribution in [2.45, 2.75) is 32.4 Å². The lowest BCUT2D eigenvalue weighted by molar-refractivity contribution is -0.125. The number of hydrogen-bond acceptors (Lipinski definition) is 5. The first-order valence-corrected chi connectivity index (χ1v) is 9.64. The zero-order valence-electron chi connectivity index (χ0n) is 16.6. The number of carbonyl (C=O) groups excluding carboxylic acids is 2. The Balaban J connectivity index is 1.66. The Morgan fingerprint density at radius 2 is 1.79 bits per heavy atom. The first-order chi connectivity index (χ1) is 14.1. The molecule has 3 aromatic rings. The Bertz CT molecular complexity index is 964. The molecule has 0 radical (unpaired) electrons. The van der Waals surface area contributed by atoms with E-state index in [1.807, 2.05) is 48.5 Å². The zero-order chi connectivity index (χ0) is 20.6. The molecule has 0 aliphatic carbocycles. The van der Waals surface area contributed by atoms with Crippen LogP contribution in [0.1, 0.15) is 47.5 Å². The Labute approximate surface area is 169 Å². The fraction of sp³-hybridized carbons (Fsp3) is 0.304. The molecule has 2 aromatic carbocycles. The standard InChI is InChI=1S/C23H25NO5/c1-3-9-19(16-10-5-4-6-11-16)24-21(25)15-28-23(26)22-18(14-27-2)17-12-7-8-13-20(17)29-22/h4-8,10-13,19H,3,9,14-15H2,1-2H3,(H,24,25). The van der Waals surface area contributed by atoms with Crippen LogP contribution in [0.3, 0.4) is 0 Å². The number of rotatable bonds is 9. The Hall–Kier alpha value is -3.12. The van der Waals surface area contributed by atoms with Crippen LogP contribution >= 0.6 is 0 Å². The zero-order valence-corrected chi connectivity index (χ0v) is 16.6. The minimum Gasteiger partial charge on any atom is -0.450 e. The highest BCUT2D eigenvalue weighted by Gasteiger charge is 2.23. The Morgan fingerprint density at radius 1 is 1.07 bits per heavy atom. The van der Waals surface area contributed by atoms with Gasteiger partial charge in [-0.2, -0.15) is 0 Å². The summed E-state index contributed by atoms with van der Waals surface area (Å²) in [5, 5.41) is 3.73. The summed E-state index contributed by atoms with van der Waals surface area (Å²) in [7, 11) is 1.54. The fourth-order valence-corrected chi connectivity index (χ4v) is 3.28. The molecule has 1 unspecified atom stereocenters. The number of benzene rings is 2. The summed E-state index contributed by atoms with van der Waals surface area (Å²) in [6.07, 6.45) is 1.71. The molecule has 0 saturated carbocycles. The first kappa shape index (κ1) is 20.6. The minimum atomic E-state index is -0.685. The van der Waals surface area contributed by atoms with Gasteiger partial charge in [0, 0.05) is 18.1 Å². The van der Waals surface area contributed by atoms with Crippen molar-refractivity contribution in [1.82, 2.24) is 5.32 Å². The number of ether oxygens (including phenoxy) is 2. The molecule has 0 aliphatic rings. The van der Waals surface area contributed by atoms with Crippen molar-refractivity contribution in [2.24, 2.45) is 0 Å². The highest BCUT2D eigenvalue weighted by Crippen LogP contribution is 2.27. The van der Waals surface area contributed by atoms with Gasteiger partial charge in [-0.1, -0.05) is 61.9 Å². The average Bonchev–Trinajstić information content (AvgIpc) is 3.11. The third-order valence-electron chi connectivity index (χ3n) is 4.62. The maximum absolute atomic E-state index is 12.5. The quantitative estimate of drug-likeness (QED) is 0.544. The van der Waals surface area contributed by atoms with Gasteiger partial charge >= 0.3 is 5.97 Å². The molecule has 0 bridgehead atoms. The molecule has 0 fully saturated rings. The number of hydrogen-bond donors (Lipinski definition) is 1. The van der Waals surface area contributed by atoms with Crippen LogP contribution in [0.2, 0.25) is 0 Å². The van der Waals surface area contributed by atoms with Gasteiger partial charge in [0.2, 0.25) is 5.76 Å². The van der Waals surface area contributed by atoms with E-state index in [9.17, 15) is 9.59 Å². The highest BCUT2D eigenvalue weighted by molar-refractivity contribution is 5.96. The summed E-state index contributed by atoms with van der Waals surface area (Å²) in [5.41, 5.74) is 2.21. The summed E-state index contributed by atoms with van der Waals surface area (Å²) in [5.74, 6) is -0.978. The van der Waals surface area contributed by atoms with Crippen LogP contribution in [-0.4, -0.2) is 25.6 Å². The number of esters is 1. The summed E-state index contributed by atoms with van der Waals surface area (Å²) in [6, 6.07) is 16.9. The lowest BCUT2D eigenvalue weighted by atomic mass is 10.0. The smallest absolute Gasteiger partial charge is 0.375 e. The second kappa shape index (κ2) is 9.89. The van der Waals surface area contributed by atoms with Gasteiger partial charge < -0.3 is 19.2 Å². The van der Waals surface area contributed by atoms with Crippen molar-refractivity contribution in [2.75, 3.05) is 13.7 Å². The topological polar surface area (TPSA) is 77.8 Å². The average molecular weight is 395 g/mol. The lowest BCUT2D eigenvalue weighted by Gasteiger charge is -2.18. The van der Waals surface area contributed by atoms with Gasteiger partial charge in [-0.3, -0.25) is 4.79 Å². The van der Waals surface area contributed by atoms with E-state index in [1.165, 1.54) is 0 Å². The number of furan rings is 1. The van der Waals surface area contributed by atoms with Crippen molar-refractivity contribution in [3.63, 3.8) is 0 Å². The van der Waals surface area contributed by atoms with Gasteiger partial charge in [0.05, 0.1) is 12.6 Å². The van der Waals surface area contributed by atoms with E-state index < -0.39 is 5.97 Å². The van der Waals surface area contributed by atoms with Gasteiger partial charge in [-0.05, 0) is 18.1 Å².